The standard InChI is InChI=1S/C15H14F3N3OS/c1-9-7-10(2)20-14(19-9)23-12-5-3-11(4-6-12)21-13(22)8-15(16,17)18/h3-7H,8H2,1-2H3,(H,21,22). The van der Waals surface area contributed by atoms with E-state index in [2.05, 4.69) is 15.3 Å². The first-order chi connectivity index (χ1) is 10.7. The Morgan fingerprint density at radius 2 is 1.70 bits per heavy atom. The summed E-state index contributed by atoms with van der Waals surface area (Å²) < 4.78 is 36.3. The topological polar surface area (TPSA) is 54.9 Å². The van der Waals surface area contributed by atoms with Crippen LogP contribution < -0.4 is 5.32 Å². The van der Waals surface area contributed by atoms with Crippen molar-refractivity contribution in [2.24, 2.45) is 0 Å². The molecule has 122 valence electrons. The summed E-state index contributed by atoms with van der Waals surface area (Å²) in [5.74, 6) is -1.09. The van der Waals surface area contributed by atoms with E-state index in [-0.39, 0.29) is 0 Å². The number of halogens is 3. The lowest BCUT2D eigenvalue weighted by Gasteiger charge is -2.08. The minimum atomic E-state index is -4.51. The van der Waals surface area contributed by atoms with E-state index in [0.29, 0.717) is 10.8 Å². The van der Waals surface area contributed by atoms with Crippen LogP contribution in [0.4, 0.5) is 18.9 Å². The van der Waals surface area contributed by atoms with Crippen LogP contribution in [0, 0.1) is 13.8 Å². The summed E-state index contributed by atoms with van der Waals surface area (Å²) in [7, 11) is 0. The minimum Gasteiger partial charge on any atom is -0.326 e. The lowest BCUT2D eigenvalue weighted by atomic mass is 10.3. The molecule has 1 N–H and O–H groups in total. The highest BCUT2D eigenvalue weighted by molar-refractivity contribution is 7.99. The van der Waals surface area contributed by atoms with Gasteiger partial charge in [-0.15, -0.1) is 0 Å². The largest absolute Gasteiger partial charge is 0.397 e. The van der Waals surface area contributed by atoms with Gasteiger partial charge in [0.1, 0.15) is 6.42 Å². The van der Waals surface area contributed by atoms with Gasteiger partial charge in [-0.25, -0.2) is 9.97 Å². The smallest absolute Gasteiger partial charge is 0.326 e. The van der Waals surface area contributed by atoms with Gasteiger partial charge in [-0.1, -0.05) is 0 Å². The predicted molar refractivity (Wildman–Crippen MR) is 81.4 cm³/mol. The van der Waals surface area contributed by atoms with Crippen molar-refractivity contribution < 1.29 is 18.0 Å². The van der Waals surface area contributed by atoms with Crippen LogP contribution in [0.15, 0.2) is 40.4 Å². The van der Waals surface area contributed by atoms with Crippen molar-refractivity contribution in [3.63, 3.8) is 0 Å². The fraction of sp³-hybridized carbons (Fsp3) is 0.267. The number of anilines is 1. The molecule has 0 saturated heterocycles. The van der Waals surface area contributed by atoms with E-state index in [1.165, 1.54) is 11.8 Å². The molecule has 0 spiro atoms. The summed E-state index contributed by atoms with van der Waals surface area (Å²) in [5.41, 5.74) is 2.03. The molecule has 0 aliphatic carbocycles. The van der Waals surface area contributed by atoms with Crippen LogP contribution in [-0.2, 0) is 4.79 Å². The first-order valence-corrected chi connectivity index (χ1v) is 7.50. The zero-order chi connectivity index (χ0) is 17.0. The van der Waals surface area contributed by atoms with Gasteiger partial charge in [-0.3, -0.25) is 4.79 Å². The molecule has 0 bridgehead atoms. The van der Waals surface area contributed by atoms with Gasteiger partial charge in [0.2, 0.25) is 5.91 Å². The van der Waals surface area contributed by atoms with Gasteiger partial charge in [0.15, 0.2) is 5.16 Å². The molecule has 2 aromatic rings. The average molecular weight is 341 g/mol. The molecule has 2 rings (SSSR count). The molecule has 0 aliphatic rings. The highest BCUT2D eigenvalue weighted by Crippen LogP contribution is 2.26. The van der Waals surface area contributed by atoms with Crippen molar-refractivity contribution in [1.29, 1.82) is 0 Å². The van der Waals surface area contributed by atoms with Crippen molar-refractivity contribution in [3.05, 3.63) is 41.7 Å². The molecular formula is C15H14F3N3OS. The maximum atomic E-state index is 12.1. The number of hydrogen-bond donors (Lipinski definition) is 1. The van der Waals surface area contributed by atoms with Gasteiger partial charge >= 0.3 is 6.18 Å². The van der Waals surface area contributed by atoms with E-state index in [9.17, 15) is 18.0 Å². The molecule has 1 aromatic carbocycles. The Balaban J connectivity index is 2.00. The molecular weight excluding hydrogens is 327 g/mol. The first-order valence-electron chi connectivity index (χ1n) is 6.68. The van der Waals surface area contributed by atoms with E-state index >= 15 is 0 Å². The lowest BCUT2D eigenvalue weighted by Crippen LogP contribution is -2.21. The number of alkyl halides is 3. The average Bonchev–Trinajstić information content (AvgIpc) is 2.37. The summed E-state index contributed by atoms with van der Waals surface area (Å²) in [6.45, 7) is 3.75. The van der Waals surface area contributed by atoms with E-state index < -0.39 is 18.5 Å². The molecule has 8 heteroatoms. The summed E-state index contributed by atoms with van der Waals surface area (Å²) in [6, 6.07) is 8.33. The maximum Gasteiger partial charge on any atom is 0.397 e. The molecule has 4 nitrogen and oxygen atoms in total. The van der Waals surface area contributed by atoms with Gasteiger partial charge in [0, 0.05) is 22.0 Å². The second-order valence-electron chi connectivity index (χ2n) is 4.90. The van der Waals surface area contributed by atoms with Gasteiger partial charge in [-0.2, -0.15) is 13.2 Å². The monoisotopic (exact) mass is 341 g/mol. The van der Waals surface area contributed by atoms with Gasteiger partial charge in [0.25, 0.3) is 0 Å². The molecule has 1 amide bonds. The number of benzene rings is 1. The Labute approximate surface area is 135 Å². The molecule has 0 fully saturated rings. The molecule has 1 aromatic heterocycles. The predicted octanol–water partition coefficient (Wildman–Crippen LogP) is 4.14. The fourth-order valence-corrected chi connectivity index (χ4v) is 2.70. The second-order valence-corrected chi connectivity index (χ2v) is 5.94. The van der Waals surface area contributed by atoms with E-state index in [4.69, 9.17) is 0 Å². The normalized spacial score (nSPS) is 11.3. The molecule has 0 radical (unpaired) electrons. The highest BCUT2D eigenvalue weighted by atomic mass is 32.2. The Hall–Kier alpha value is -2.09. The van der Waals surface area contributed by atoms with Crippen LogP contribution >= 0.6 is 11.8 Å². The second kappa shape index (κ2) is 6.99. The highest BCUT2D eigenvalue weighted by Gasteiger charge is 2.31. The SMILES string of the molecule is Cc1cc(C)nc(Sc2ccc(NC(=O)CC(F)(F)F)cc2)n1. The van der Waals surface area contributed by atoms with E-state index in [1.807, 2.05) is 19.9 Å². The number of aryl methyl sites for hydroxylation is 2. The van der Waals surface area contributed by atoms with Crippen LogP contribution in [0.2, 0.25) is 0 Å². The zero-order valence-electron chi connectivity index (χ0n) is 12.4. The summed E-state index contributed by atoms with van der Waals surface area (Å²) >= 11 is 1.34. The number of hydrogen-bond acceptors (Lipinski definition) is 4. The summed E-state index contributed by atoms with van der Waals surface area (Å²) in [4.78, 5) is 20.6. The summed E-state index contributed by atoms with van der Waals surface area (Å²) in [6.07, 6.45) is -6.01. The van der Waals surface area contributed by atoms with Crippen LogP contribution in [-0.4, -0.2) is 22.1 Å². The number of carbonyl (C=O) groups excluding carboxylic acids is 1. The van der Waals surface area contributed by atoms with Gasteiger partial charge < -0.3 is 5.32 Å². The summed E-state index contributed by atoms with van der Waals surface area (Å²) in [5, 5.41) is 2.80. The Kier molecular flexibility index (Phi) is 5.25. The molecule has 1 heterocycles. The van der Waals surface area contributed by atoms with Crippen LogP contribution in [0.25, 0.3) is 0 Å². The van der Waals surface area contributed by atoms with Crippen molar-refractivity contribution in [3.8, 4) is 0 Å². The van der Waals surface area contributed by atoms with Crippen LogP contribution in [0.5, 0.6) is 0 Å². The van der Waals surface area contributed by atoms with E-state index in [1.54, 1.807) is 24.3 Å². The molecule has 23 heavy (non-hydrogen) atoms. The Bertz CT molecular complexity index is 682. The number of rotatable bonds is 4. The molecule has 0 aliphatic heterocycles. The van der Waals surface area contributed by atoms with Crippen LogP contribution in [0.3, 0.4) is 0 Å². The van der Waals surface area contributed by atoms with E-state index in [0.717, 1.165) is 16.3 Å². The molecule has 0 saturated carbocycles. The van der Waals surface area contributed by atoms with Crippen molar-refractivity contribution >= 4 is 23.4 Å². The Morgan fingerprint density at radius 1 is 1.13 bits per heavy atom. The zero-order valence-corrected chi connectivity index (χ0v) is 13.3. The number of nitrogens with one attached hydrogen (secondary N) is 1. The molecule has 0 atom stereocenters. The van der Waals surface area contributed by atoms with Crippen molar-refractivity contribution in [2.75, 3.05) is 5.32 Å². The third-order valence-corrected chi connectivity index (χ3v) is 3.54. The Morgan fingerprint density at radius 3 is 2.22 bits per heavy atom. The quantitative estimate of drug-likeness (QED) is 0.850. The number of nitrogens with zero attached hydrogens (tertiary/aromatic N) is 2. The number of aromatic nitrogens is 2. The van der Waals surface area contributed by atoms with Crippen molar-refractivity contribution in [2.45, 2.75) is 36.5 Å². The third-order valence-electron chi connectivity index (χ3n) is 2.67. The third kappa shape index (κ3) is 5.90. The minimum absolute atomic E-state index is 0.310. The lowest BCUT2D eigenvalue weighted by molar-refractivity contribution is -0.150. The van der Waals surface area contributed by atoms with Gasteiger partial charge in [-0.05, 0) is 55.9 Å². The maximum absolute atomic E-state index is 12.1. The first kappa shape index (κ1) is 17.3. The van der Waals surface area contributed by atoms with Crippen LogP contribution in [0.1, 0.15) is 17.8 Å². The van der Waals surface area contributed by atoms with Gasteiger partial charge in [0.05, 0.1) is 0 Å². The van der Waals surface area contributed by atoms with Crippen molar-refractivity contribution in [1.82, 2.24) is 9.97 Å². The number of carbonyl (C=O) groups is 1. The number of amides is 1. The fourth-order valence-electron chi connectivity index (χ4n) is 1.84. The molecule has 0 unspecified atom stereocenters.